The fourth-order valence-corrected chi connectivity index (χ4v) is 10.0. The second kappa shape index (κ2) is 19.7. The number of hydrogen-bond acceptors (Lipinski definition) is 11. The Bertz CT molecular complexity index is 3140. The number of aryl methyl sites for hydroxylation is 2. The van der Waals surface area contributed by atoms with E-state index in [1.54, 1.807) is 34.2 Å². The minimum absolute atomic E-state index is 0.0259. The lowest BCUT2D eigenvalue weighted by Gasteiger charge is -2.26. The number of hydrogen-bond donors (Lipinski definition) is 5. The maximum absolute atomic E-state index is 13.5. The van der Waals surface area contributed by atoms with Crippen molar-refractivity contribution in [2.24, 2.45) is 14.1 Å². The van der Waals surface area contributed by atoms with Crippen molar-refractivity contribution < 1.29 is 24.5 Å². The molecule has 68 heavy (non-hydrogen) atoms. The van der Waals surface area contributed by atoms with Crippen LogP contribution in [0.4, 0.5) is 0 Å². The standard InChI is InChI=1S/C27H35ClN6O3Si.C21H21ClN6O2/c1-33-23-13-17(28)5-10-20(23)24(32-33)22-14-29-26-25(31-22)21(15-34(26)16-37-11-12-38(2,3)4)27(36)30-18-6-8-19(35)9-7-18;1-28-17-8-11(22)2-7-14(17)18(27-28)16-10-24-20-19(26-16)15(9-23-20)21(30)25-12-3-5-13(29)6-4-12/h5,10,13-15,18-19,35H,6-9,11-12,16H2,1-4H3,(H,30,36);2,7-10,12-13,29H,3-6H2,1H3,(H,23,24)(H,25,30). The van der Waals surface area contributed by atoms with E-state index in [2.05, 4.69) is 50.4 Å². The maximum Gasteiger partial charge on any atom is 0.255 e. The topological polar surface area (TPSA) is 216 Å². The first-order valence-electron chi connectivity index (χ1n) is 23.1. The molecule has 2 aliphatic rings. The first kappa shape index (κ1) is 47.3. The van der Waals surface area contributed by atoms with E-state index >= 15 is 0 Å². The van der Waals surface area contributed by atoms with Crippen LogP contribution >= 0.6 is 23.2 Å². The summed E-state index contributed by atoms with van der Waals surface area (Å²) in [5, 5.41) is 38.1. The number of carbonyl (C=O) groups is 2. The van der Waals surface area contributed by atoms with E-state index in [0.717, 1.165) is 53.5 Å². The number of aromatic amines is 1. The van der Waals surface area contributed by atoms with Crippen molar-refractivity contribution in [1.29, 1.82) is 0 Å². The number of nitrogens with one attached hydrogen (secondary N) is 3. The van der Waals surface area contributed by atoms with Gasteiger partial charge < -0.3 is 35.1 Å². The lowest BCUT2D eigenvalue weighted by atomic mass is 9.93. The Morgan fingerprint density at radius 3 is 1.81 bits per heavy atom. The van der Waals surface area contributed by atoms with Gasteiger partial charge in [0.1, 0.15) is 40.5 Å². The summed E-state index contributed by atoms with van der Waals surface area (Å²) in [4.78, 5) is 48.1. The zero-order valence-electron chi connectivity index (χ0n) is 38.8. The van der Waals surface area contributed by atoms with Gasteiger partial charge in [-0.1, -0.05) is 42.8 Å². The summed E-state index contributed by atoms with van der Waals surface area (Å²) < 4.78 is 11.4. The number of aromatic nitrogens is 10. The molecule has 6 heterocycles. The summed E-state index contributed by atoms with van der Waals surface area (Å²) in [6.07, 6.45) is 12.1. The lowest BCUT2D eigenvalue weighted by molar-refractivity contribution is 0.0856. The molecule has 17 nitrogen and oxygen atoms in total. The third-order valence-corrected chi connectivity index (χ3v) is 15.0. The minimum Gasteiger partial charge on any atom is -0.393 e. The number of aliphatic hydroxyl groups is 2. The highest BCUT2D eigenvalue weighted by atomic mass is 35.5. The Balaban J connectivity index is 0.000000174. The van der Waals surface area contributed by atoms with Crippen LogP contribution in [0, 0.1) is 0 Å². The Labute approximate surface area is 403 Å². The van der Waals surface area contributed by atoms with Gasteiger partial charge in [-0.2, -0.15) is 10.2 Å². The maximum atomic E-state index is 13.5. The molecule has 356 valence electrons. The smallest absolute Gasteiger partial charge is 0.255 e. The molecular formula is C48H56Cl2N12O5Si. The first-order chi connectivity index (χ1) is 32.6. The number of benzene rings is 2. The van der Waals surface area contributed by atoms with E-state index in [-0.39, 0.29) is 36.1 Å². The van der Waals surface area contributed by atoms with Crippen molar-refractivity contribution in [1.82, 2.24) is 59.7 Å². The van der Waals surface area contributed by atoms with Crippen molar-refractivity contribution in [3.05, 3.63) is 82.4 Å². The number of aliphatic hydroxyl groups excluding tert-OH is 2. The number of amides is 2. The molecule has 10 rings (SSSR count). The highest BCUT2D eigenvalue weighted by Gasteiger charge is 2.27. The number of carbonyl (C=O) groups excluding carboxylic acids is 2. The summed E-state index contributed by atoms with van der Waals surface area (Å²) in [5.74, 6) is -0.381. The van der Waals surface area contributed by atoms with E-state index in [1.165, 1.54) is 0 Å². The van der Waals surface area contributed by atoms with Gasteiger partial charge in [-0.15, -0.1) is 0 Å². The van der Waals surface area contributed by atoms with E-state index in [4.69, 9.17) is 42.9 Å². The van der Waals surface area contributed by atoms with Crippen molar-refractivity contribution in [2.75, 3.05) is 6.61 Å². The number of ether oxygens (including phenoxy) is 1. The highest BCUT2D eigenvalue weighted by molar-refractivity contribution is 6.76. The Kier molecular flexibility index (Phi) is 13.7. The highest BCUT2D eigenvalue weighted by Crippen LogP contribution is 2.32. The molecule has 2 aliphatic carbocycles. The SMILES string of the molecule is Cn1nc(-c2cnc3[nH]cc(C(=O)NC4CCC(O)CC4)c3n2)c2ccc(Cl)cc21.Cn1nc(-c2cnc3c(n2)c(C(=O)NC2CCC(O)CC2)cn3COCC[Si](C)(C)C)c2ccc(Cl)cc21. The molecule has 2 saturated carbocycles. The van der Waals surface area contributed by atoms with Crippen LogP contribution in [0.1, 0.15) is 72.1 Å². The number of rotatable bonds is 11. The molecule has 0 aliphatic heterocycles. The fourth-order valence-electron chi connectivity index (χ4n) is 8.96. The van der Waals surface area contributed by atoms with Crippen LogP contribution in [-0.2, 0) is 25.6 Å². The Hall–Kier alpha value is -5.76. The average molecular weight is 980 g/mol. The molecule has 0 radical (unpaired) electrons. The quantitative estimate of drug-likeness (QED) is 0.0615. The molecule has 8 aromatic rings. The van der Waals surface area contributed by atoms with E-state index < -0.39 is 8.07 Å². The van der Waals surface area contributed by atoms with Crippen LogP contribution in [0.2, 0.25) is 35.7 Å². The van der Waals surface area contributed by atoms with Gasteiger partial charge in [-0.25, -0.2) is 19.9 Å². The van der Waals surface area contributed by atoms with Crippen molar-refractivity contribution in [2.45, 2.75) is 108 Å². The third kappa shape index (κ3) is 10.3. The minimum atomic E-state index is -1.22. The molecule has 0 unspecified atom stereocenters. The van der Waals surface area contributed by atoms with Crippen molar-refractivity contribution in [3.63, 3.8) is 0 Å². The predicted octanol–water partition coefficient (Wildman–Crippen LogP) is 8.18. The molecule has 2 fully saturated rings. The monoisotopic (exact) mass is 978 g/mol. The van der Waals surface area contributed by atoms with Crippen molar-refractivity contribution >= 4 is 87.2 Å². The molecular weight excluding hydrogens is 924 g/mol. The van der Waals surface area contributed by atoms with Crippen LogP contribution < -0.4 is 10.6 Å². The number of halogens is 2. The van der Waals surface area contributed by atoms with Crippen molar-refractivity contribution in [3.8, 4) is 22.8 Å². The molecule has 0 spiro atoms. The van der Waals surface area contributed by atoms with Gasteiger partial charge in [0, 0.05) is 74.1 Å². The summed E-state index contributed by atoms with van der Waals surface area (Å²) in [6, 6.07) is 12.3. The van der Waals surface area contributed by atoms with Crippen LogP contribution in [0.5, 0.6) is 0 Å². The molecule has 2 amide bonds. The van der Waals surface area contributed by atoms with E-state index in [0.29, 0.717) is 105 Å². The normalized spacial score (nSPS) is 18.8. The van der Waals surface area contributed by atoms with Crippen LogP contribution in [0.3, 0.4) is 0 Å². The summed E-state index contributed by atoms with van der Waals surface area (Å²) in [6.45, 7) is 7.90. The largest absolute Gasteiger partial charge is 0.393 e. The molecule has 0 saturated heterocycles. The molecule has 2 aromatic carbocycles. The molecule has 0 bridgehead atoms. The van der Waals surface area contributed by atoms with Crippen LogP contribution in [0.25, 0.3) is 66.9 Å². The average Bonchev–Trinajstić information content (AvgIpc) is 4.08. The Morgan fingerprint density at radius 1 is 0.750 bits per heavy atom. The molecule has 0 atom stereocenters. The number of nitrogens with zero attached hydrogens (tertiary/aromatic N) is 9. The fraction of sp³-hybridized carbons (Fsp3) is 0.417. The Morgan fingerprint density at radius 2 is 1.26 bits per heavy atom. The number of fused-ring (bicyclic) bond motifs is 4. The zero-order valence-corrected chi connectivity index (χ0v) is 41.3. The number of H-pyrrole nitrogens is 1. The van der Waals surface area contributed by atoms with E-state index in [1.807, 2.05) is 55.1 Å². The van der Waals surface area contributed by atoms with Crippen LogP contribution in [-0.4, -0.2) is 110 Å². The zero-order chi connectivity index (χ0) is 47.9. The first-order valence-corrected chi connectivity index (χ1v) is 27.6. The van der Waals surface area contributed by atoms with Gasteiger partial charge in [-0.05, 0) is 93.8 Å². The van der Waals surface area contributed by atoms with Gasteiger partial charge in [-0.3, -0.25) is 19.0 Å². The second-order valence-electron chi connectivity index (χ2n) is 19.2. The molecule has 6 aromatic heterocycles. The summed E-state index contributed by atoms with van der Waals surface area (Å²) in [5.41, 5.74) is 7.39. The van der Waals surface area contributed by atoms with Gasteiger partial charge in [0.25, 0.3) is 11.8 Å². The van der Waals surface area contributed by atoms with Gasteiger partial charge >= 0.3 is 0 Å². The van der Waals surface area contributed by atoms with E-state index in [9.17, 15) is 19.8 Å². The van der Waals surface area contributed by atoms with Gasteiger partial charge in [0.2, 0.25) is 0 Å². The van der Waals surface area contributed by atoms with Gasteiger partial charge in [0.15, 0.2) is 11.3 Å². The lowest BCUT2D eigenvalue weighted by Crippen LogP contribution is -2.38. The summed E-state index contributed by atoms with van der Waals surface area (Å²) in [7, 11) is 2.49. The molecule has 5 N–H and O–H groups in total. The molecule has 20 heteroatoms. The third-order valence-electron chi connectivity index (χ3n) is 12.8. The summed E-state index contributed by atoms with van der Waals surface area (Å²) >= 11 is 12.3. The predicted molar refractivity (Wildman–Crippen MR) is 266 cm³/mol. The van der Waals surface area contributed by atoms with Crippen LogP contribution in [0.15, 0.2) is 61.2 Å². The second-order valence-corrected chi connectivity index (χ2v) is 25.7. The van der Waals surface area contributed by atoms with Gasteiger partial charge in [0.05, 0.1) is 46.8 Å².